The minimum atomic E-state index is -0.207. The third kappa shape index (κ3) is 2.03. The fourth-order valence-electron chi connectivity index (χ4n) is 1.98. The van der Waals surface area contributed by atoms with E-state index in [1.165, 1.54) is 5.56 Å². The van der Waals surface area contributed by atoms with E-state index in [0.717, 1.165) is 29.5 Å². The lowest BCUT2D eigenvalue weighted by Crippen LogP contribution is -2.41. The van der Waals surface area contributed by atoms with Crippen LogP contribution in [0.5, 0.6) is 0 Å². The molecule has 78 valence electrons. The maximum Gasteiger partial charge on any atom is 0.0701 e. The molecular weight excluding hydrogens is 262 g/mol. The Kier molecular flexibility index (Phi) is 2.98. The second-order valence-corrected chi connectivity index (χ2v) is 6.32. The number of rotatable bonds is 1. The van der Waals surface area contributed by atoms with Crippen LogP contribution in [0.2, 0.25) is 0 Å². The fraction of sp³-hybridized carbons (Fsp3) is 0.600. The summed E-state index contributed by atoms with van der Waals surface area (Å²) in [7, 11) is 0. The van der Waals surface area contributed by atoms with Crippen LogP contribution >= 0.6 is 27.3 Å². The van der Waals surface area contributed by atoms with Crippen LogP contribution in [0.25, 0.3) is 0 Å². The standard InChI is InChI=1S/C10H14BrNOS/c11-9-5-7(6-14-9)10(12)3-1-8(13)2-4-10/h5-6,8,13H,1-4,12H2. The van der Waals surface area contributed by atoms with Gasteiger partial charge in [0.1, 0.15) is 0 Å². The van der Waals surface area contributed by atoms with E-state index in [9.17, 15) is 5.11 Å². The summed E-state index contributed by atoms with van der Waals surface area (Å²) >= 11 is 5.12. The Morgan fingerprint density at radius 3 is 2.64 bits per heavy atom. The molecule has 0 saturated heterocycles. The van der Waals surface area contributed by atoms with E-state index in [1.54, 1.807) is 11.3 Å². The predicted octanol–water partition coefficient (Wildman–Crippen LogP) is 2.60. The number of thiophene rings is 1. The molecule has 0 aromatic carbocycles. The lowest BCUT2D eigenvalue weighted by molar-refractivity contribution is 0.0970. The summed E-state index contributed by atoms with van der Waals surface area (Å²) in [5.74, 6) is 0. The highest BCUT2D eigenvalue weighted by Gasteiger charge is 2.33. The van der Waals surface area contributed by atoms with Gasteiger partial charge in [-0.05, 0) is 58.6 Å². The van der Waals surface area contributed by atoms with Crippen LogP contribution in [0, 0.1) is 0 Å². The van der Waals surface area contributed by atoms with Crippen molar-refractivity contribution in [3.63, 3.8) is 0 Å². The minimum Gasteiger partial charge on any atom is -0.393 e. The Hall–Kier alpha value is 0.1000. The maximum atomic E-state index is 9.43. The molecular formula is C10H14BrNOS. The zero-order valence-electron chi connectivity index (χ0n) is 7.87. The van der Waals surface area contributed by atoms with E-state index in [-0.39, 0.29) is 11.6 Å². The molecule has 1 saturated carbocycles. The molecule has 0 bridgehead atoms. The van der Waals surface area contributed by atoms with E-state index in [0.29, 0.717) is 0 Å². The topological polar surface area (TPSA) is 46.2 Å². The van der Waals surface area contributed by atoms with Crippen molar-refractivity contribution in [3.8, 4) is 0 Å². The maximum absolute atomic E-state index is 9.43. The highest BCUT2D eigenvalue weighted by Crippen LogP contribution is 2.37. The molecule has 1 aromatic heterocycles. The van der Waals surface area contributed by atoms with Gasteiger partial charge in [-0.3, -0.25) is 0 Å². The lowest BCUT2D eigenvalue weighted by atomic mass is 9.77. The van der Waals surface area contributed by atoms with E-state index in [4.69, 9.17) is 5.73 Å². The van der Waals surface area contributed by atoms with Crippen LogP contribution in [-0.2, 0) is 5.54 Å². The lowest BCUT2D eigenvalue weighted by Gasteiger charge is -2.35. The SMILES string of the molecule is NC1(c2csc(Br)c2)CCC(O)CC1. The fourth-order valence-corrected chi connectivity index (χ4v) is 3.24. The summed E-state index contributed by atoms with van der Waals surface area (Å²) in [5, 5.41) is 11.5. The number of aliphatic hydroxyl groups excluding tert-OH is 1. The van der Waals surface area contributed by atoms with E-state index >= 15 is 0 Å². The van der Waals surface area contributed by atoms with Crippen LogP contribution in [0.4, 0.5) is 0 Å². The van der Waals surface area contributed by atoms with Gasteiger partial charge in [-0.2, -0.15) is 0 Å². The van der Waals surface area contributed by atoms with Crippen molar-refractivity contribution < 1.29 is 5.11 Å². The highest BCUT2D eigenvalue weighted by molar-refractivity contribution is 9.11. The number of hydrogen-bond donors (Lipinski definition) is 2. The average molecular weight is 276 g/mol. The van der Waals surface area contributed by atoms with Gasteiger partial charge < -0.3 is 10.8 Å². The highest BCUT2D eigenvalue weighted by atomic mass is 79.9. The van der Waals surface area contributed by atoms with Gasteiger partial charge in [0, 0.05) is 5.54 Å². The number of nitrogens with two attached hydrogens (primary N) is 1. The van der Waals surface area contributed by atoms with Gasteiger partial charge >= 0.3 is 0 Å². The van der Waals surface area contributed by atoms with Gasteiger partial charge in [-0.1, -0.05) is 0 Å². The largest absolute Gasteiger partial charge is 0.393 e. The average Bonchev–Trinajstić information content (AvgIpc) is 2.58. The summed E-state index contributed by atoms with van der Waals surface area (Å²) in [6.07, 6.45) is 3.27. The zero-order chi connectivity index (χ0) is 10.2. The van der Waals surface area contributed by atoms with Gasteiger partial charge in [0.15, 0.2) is 0 Å². The first-order valence-electron chi connectivity index (χ1n) is 4.82. The van der Waals surface area contributed by atoms with Crippen molar-refractivity contribution in [2.24, 2.45) is 5.73 Å². The molecule has 0 unspecified atom stereocenters. The molecule has 2 nitrogen and oxygen atoms in total. The van der Waals surface area contributed by atoms with Crippen LogP contribution in [-0.4, -0.2) is 11.2 Å². The van der Waals surface area contributed by atoms with Crippen molar-refractivity contribution in [2.75, 3.05) is 0 Å². The Morgan fingerprint density at radius 1 is 1.50 bits per heavy atom. The quantitative estimate of drug-likeness (QED) is 0.828. The second kappa shape index (κ2) is 3.93. The molecule has 0 spiro atoms. The molecule has 0 aliphatic heterocycles. The molecule has 1 aromatic rings. The molecule has 1 aliphatic rings. The molecule has 0 amide bonds. The van der Waals surface area contributed by atoms with Crippen molar-refractivity contribution in [3.05, 3.63) is 20.8 Å². The van der Waals surface area contributed by atoms with Crippen LogP contribution < -0.4 is 5.73 Å². The first-order chi connectivity index (χ1) is 6.60. The molecule has 1 aliphatic carbocycles. The smallest absolute Gasteiger partial charge is 0.0701 e. The first-order valence-corrected chi connectivity index (χ1v) is 6.49. The summed E-state index contributed by atoms with van der Waals surface area (Å²) in [4.78, 5) is 0. The number of aliphatic hydroxyl groups is 1. The van der Waals surface area contributed by atoms with Gasteiger partial charge in [0.2, 0.25) is 0 Å². The van der Waals surface area contributed by atoms with Crippen LogP contribution in [0.3, 0.4) is 0 Å². The monoisotopic (exact) mass is 275 g/mol. The molecule has 1 heterocycles. The minimum absolute atomic E-state index is 0.145. The van der Waals surface area contributed by atoms with Crippen molar-refractivity contribution >= 4 is 27.3 Å². The third-order valence-electron chi connectivity index (χ3n) is 2.99. The summed E-state index contributed by atoms with van der Waals surface area (Å²) in [6, 6.07) is 2.10. The Balaban J connectivity index is 2.16. The molecule has 3 N–H and O–H groups in total. The van der Waals surface area contributed by atoms with Crippen LogP contribution in [0.1, 0.15) is 31.2 Å². The van der Waals surface area contributed by atoms with Gasteiger partial charge in [0.25, 0.3) is 0 Å². The Labute approximate surface area is 96.3 Å². The van der Waals surface area contributed by atoms with E-state index < -0.39 is 0 Å². The van der Waals surface area contributed by atoms with E-state index in [2.05, 4.69) is 27.4 Å². The molecule has 4 heteroatoms. The molecule has 1 fully saturated rings. The van der Waals surface area contributed by atoms with E-state index in [1.807, 2.05) is 0 Å². The molecule has 14 heavy (non-hydrogen) atoms. The predicted molar refractivity (Wildman–Crippen MR) is 62.4 cm³/mol. The van der Waals surface area contributed by atoms with Crippen molar-refractivity contribution in [2.45, 2.75) is 37.3 Å². The van der Waals surface area contributed by atoms with Crippen LogP contribution in [0.15, 0.2) is 15.2 Å². The van der Waals surface area contributed by atoms with Gasteiger partial charge in [-0.15, -0.1) is 11.3 Å². The Morgan fingerprint density at radius 2 is 2.14 bits per heavy atom. The Bertz CT molecular complexity index is 318. The van der Waals surface area contributed by atoms with Gasteiger partial charge in [0.05, 0.1) is 9.89 Å². The summed E-state index contributed by atoms with van der Waals surface area (Å²) in [5.41, 5.74) is 7.33. The van der Waals surface area contributed by atoms with Crippen molar-refractivity contribution in [1.29, 1.82) is 0 Å². The second-order valence-electron chi connectivity index (χ2n) is 4.03. The zero-order valence-corrected chi connectivity index (χ0v) is 10.3. The van der Waals surface area contributed by atoms with Crippen molar-refractivity contribution in [1.82, 2.24) is 0 Å². The van der Waals surface area contributed by atoms with Gasteiger partial charge in [-0.25, -0.2) is 0 Å². The molecule has 0 atom stereocenters. The summed E-state index contributed by atoms with van der Waals surface area (Å²) < 4.78 is 1.13. The third-order valence-corrected chi connectivity index (χ3v) is 4.49. The normalized spacial score (nSPS) is 33.2. The molecule has 2 rings (SSSR count). The summed E-state index contributed by atoms with van der Waals surface area (Å²) in [6.45, 7) is 0. The first kappa shape index (κ1) is 10.6. The number of halogens is 1. The number of hydrogen-bond acceptors (Lipinski definition) is 3. The molecule has 0 radical (unpaired) electrons.